The van der Waals surface area contributed by atoms with Crippen LogP contribution in [0.25, 0.3) is 21.7 Å². The third-order valence-corrected chi connectivity index (χ3v) is 5.02. The number of hydrogen-bond donors (Lipinski definition) is 2. The smallest absolute Gasteiger partial charge is 0.255 e. The molecule has 27 heavy (non-hydrogen) atoms. The van der Waals surface area contributed by atoms with Crippen LogP contribution in [0.3, 0.4) is 0 Å². The number of carbonyl (C=O) groups excluding carboxylic acids is 1. The Morgan fingerprint density at radius 1 is 1.00 bits per heavy atom. The van der Waals surface area contributed by atoms with Gasteiger partial charge in [0.25, 0.3) is 11.5 Å². The maximum Gasteiger partial charge on any atom is 0.255 e. The standard InChI is InChI=1S/C23H20N2O2/c1-3-19-14(2)20-11-10-18(13-21(20)25-23(19)27)24-22(26)17-9-8-15-6-4-5-7-16(15)12-17/h4-13H,3H2,1-2H3,(H,24,26)(H,25,27). The Balaban J connectivity index is 1.67. The number of hydrogen-bond acceptors (Lipinski definition) is 2. The number of fused-ring (bicyclic) bond motifs is 2. The molecule has 0 bridgehead atoms. The summed E-state index contributed by atoms with van der Waals surface area (Å²) in [6.45, 7) is 3.94. The summed E-state index contributed by atoms with van der Waals surface area (Å²) in [6.07, 6.45) is 0.692. The SMILES string of the molecule is CCc1c(C)c2ccc(NC(=O)c3ccc4ccccc4c3)cc2[nH]c1=O. The lowest BCUT2D eigenvalue weighted by Crippen LogP contribution is -2.15. The predicted molar refractivity (Wildman–Crippen MR) is 111 cm³/mol. The van der Waals surface area contributed by atoms with E-state index >= 15 is 0 Å². The van der Waals surface area contributed by atoms with E-state index in [1.54, 1.807) is 0 Å². The molecule has 0 saturated carbocycles. The lowest BCUT2D eigenvalue weighted by Gasteiger charge is -2.10. The molecular weight excluding hydrogens is 336 g/mol. The molecule has 134 valence electrons. The molecule has 0 fully saturated rings. The maximum atomic E-state index is 12.6. The number of pyridine rings is 1. The lowest BCUT2D eigenvalue weighted by molar-refractivity contribution is 0.102. The van der Waals surface area contributed by atoms with Crippen LogP contribution in [-0.4, -0.2) is 10.9 Å². The van der Waals surface area contributed by atoms with E-state index in [-0.39, 0.29) is 11.5 Å². The highest BCUT2D eigenvalue weighted by Gasteiger charge is 2.10. The number of aromatic nitrogens is 1. The van der Waals surface area contributed by atoms with Crippen LogP contribution >= 0.6 is 0 Å². The van der Waals surface area contributed by atoms with Crippen molar-refractivity contribution in [1.29, 1.82) is 0 Å². The van der Waals surface area contributed by atoms with Crippen LogP contribution in [0.2, 0.25) is 0 Å². The second-order valence-electron chi connectivity index (χ2n) is 6.69. The van der Waals surface area contributed by atoms with Crippen LogP contribution in [0.15, 0.2) is 65.5 Å². The van der Waals surface area contributed by atoms with E-state index in [9.17, 15) is 9.59 Å². The normalized spacial score (nSPS) is 11.0. The van der Waals surface area contributed by atoms with Crippen LogP contribution in [0.4, 0.5) is 5.69 Å². The molecule has 0 aliphatic rings. The molecule has 4 rings (SSSR count). The highest BCUT2D eigenvalue weighted by atomic mass is 16.1. The predicted octanol–water partition coefficient (Wildman–Crippen LogP) is 4.80. The first-order chi connectivity index (χ1) is 13.1. The molecule has 1 heterocycles. The first-order valence-electron chi connectivity index (χ1n) is 9.02. The lowest BCUT2D eigenvalue weighted by atomic mass is 10.0. The van der Waals surface area contributed by atoms with Gasteiger partial charge < -0.3 is 10.3 Å². The van der Waals surface area contributed by atoms with Crippen molar-refractivity contribution >= 4 is 33.3 Å². The fourth-order valence-electron chi connectivity index (χ4n) is 3.54. The molecule has 0 aliphatic carbocycles. The fourth-order valence-corrected chi connectivity index (χ4v) is 3.54. The summed E-state index contributed by atoms with van der Waals surface area (Å²) in [7, 11) is 0. The zero-order valence-electron chi connectivity index (χ0n) is 15.3. The van der Waals surface area contributed by atoms with Gasteiger partial charge in [0.1, 0.15) is 0 Å². The second-order valence-corrected chi connectivity index (χ2v) is 6.69. The van der Waals surface area contributed by atoms with Gasteiger partial charge in [0, 0.05) is 22.2 Å². The van der Waals surface area contributed by atoms with Gasteiger partial charge >= 0.3 is 0 Å². The summed E-state index contributed by atoms with van der Waals surface area (Å²) in [4.78, 5) is 27.8. The van der Waals surface area contributed by atoms with Gasteiger partial charge in [0.05, 0.1) is 5.52 Å². The van der Waals surface area contributed by atoms with Gasteiger partial charge in [-0.05, 0) is 53.9 Å². The number of aryl methyl sites for hydroxylation is 1. The molecule has 2 N–H and O–H groups in total. The summed E-state index contributed by atoms with van der Waals surface area (Å²) in [5.41, 5.74) is 3.70. The van der Waals surface area contributed by atoms with E-state index in [2.05, 4.69) is 10.3 Å². The summed E-state index contributed by atoms with van der Waals surface area (Å²) >= 11 is 0. The molecule has 0 saturated heterocycles. The average molecular weight is 356 g/mol. The van der Waals surface area contributed by atoms with E-state index in [0.29, 0.717) is 17.7 Å². The maximum absolute atomic E-state index is 12.6. The zero-order chi connectivity index (χ0) is 19.0. The van der Waals surface area contributed by atoms with Crippen LogP contribution in [0.5, 0.6) is 0 Å². The first-order valence-corrected chi connectivity index (χ1v) is 9.02. The van der Waals surface area contributed by atoms with Crippen molar-refractivity contribution in [2.45, 2.75) is 20.3 Å². The topological polar surface area (TPSA) is 62.0 Å². The van der Waals surface area contributed by atoms with Crippen LogP contribution in [0, 0.1) is 6.92 Å². The Labute approximate surface area is 156 Å². The van der Waals surface area contributed by atoms with Crippen molar-refractivity contribution in [3.63, 3.8) is 0 Å². The molecule has 1 aromatic heterocycles. The number of H-pyrrole nitrogens is 1. The minimum Gasteiger partial charge on any atom is -0.322 e. The summed E-state index contributed by atoms with van der Waals surface area (Å²) in [5, 5.41) is 6.04. The van der Waals surface area contributed by atoms with Crippen molar-refractivity contribution in [3.8, 4) is 0 Å². The highest BCUT2D eigenvalue weighted by Crippen LogP contribution is 2.22. The number of rotatable bonds is 3. The monoisotopic (exact) mass is 356 g/mol. The molecule has 0 aliphatic heterocycles. The molecule has 0 radical (unpaired) electrons. The Hall–Kier alpha value is -3.40. The van der Waals surface area contributed by atoms with Gasteiger partial charge in [-0.15, -0.1) is 0 Å². The van der Waals surface area contributed by atoms with Crippen molar-refractivity contribution in [2.24, 2.45) is 0 Å². The number of nitrogens with one attached hydrogen (secondary N) is 2. The summed E-state index contributed by atoms with van der Waals surface area (Å²) < 4.78 is 0. The molecule has 0 unspecified atom stereocenters. The number of aromatic amines is 1. The number of benzene rings is 3. The minimum absolute atomic E-state index is 0.0690. The van der Waals surface area contributed by atoms with E-state index in [0.717, 1.165) is 32.8 Å². The zero-order valence-corrected chi connectivity index (χ0v) is 15.3. The summed E-state index contributed by atoms with van der Waals surface area (Å²) in [6, 6.07) is 19.2. The summed E-state index contributed by atoms with van der Waals surface area (Å²) in [5.74, 6) is -0.177. The Kier molecular flexibility index (Phi) is 4.24. The number of anilines is 1. The first kappa shape index (κ1) is 17.0. The molecular formula is C23H20N2O2. The average Bonchev–Trinajstić information content (AvgIpc) is 2.67. The van der Waals surface area contributed by atoms with Crippen molar-refractivity contribution < 1.29 is 4.79 Å². The van der Waals surface area contributed by atoms with Crippen molar-refractivity contribution in [3.05, 3.63) is 87.7 Å². The fraction of sp³-hybridized carbons (Fsp3) is 0.130. The van der Waals surface area contributed by atoms with Gasteiger partial charge in [-0.1, -0.05) is 43.3 Å². The Morgan fingerprint density at radius 2 is 1.78 bits per heavy atom. The van der Waals surface area contributed by atoms with Crippen molar-refractivity contribution in [1.82, 2.24) is 4.98 Å². The van der Waals surface area contributed by atoms with Gasteiger partial charge in [-0.2, -0.15) is 0 Å². The quantitative estimate of drug-likeness (QED) is 0.554. The Morgan fingerprint density at radius 3 is 2.56 bits per heavy atom. The minimum atomic E-state index is -0.177. The van der Waals surface area contributed by atoms with Crippen LogP contribution < -0.4 is 10.9 Å². The largest absolute Gasteiger partial charge is 0.322 e. The third-order valence-electron chi connectivity index (χ3n) is 5.02. The van der Waals surface area contributed by atoms with Gasteiger partial charge in [-0.25, -0.2) is 0 Å². The van der Waals surface area contributed by atoms with Gasteiger partial charge in [0.15, 0.2) is 0 Å². The van der Waals surface area contributed by atoms with Gasteiger partial charge in [-0.3, -0.25) is 9.59 Å². The Bertz CT molecular complexity index is 1240. The third kappa shape index (κ3) is 3.10. The highest BCUT2D eigenvalue weighted by molar-refractivity contribution is 6.07. The second kappa shape index (κ2) is 6.72. The van der Waals surface area contributed by atoms with Crippen LogP contribution in [0.1, 0.15) is 28.4 Å². The van der Waals surface area contributed by atoms with Crippen LogP contribution in [-0.2, 0) is 6.42 Å². The van der Waals surface area contributed by atoms with E-state index in [4.69, 9.17) is 0 Å². The van der Waals surface area contributed by atoms with E-state index in [1.165, 1.54) is 0 Å². The number of amides is 1. The van der Waals surface area contributed by atoms with Gasteiger partial charge in [0.2, 0.25) is 0 Å². The molecule has 4 heteroatoms. The molecule has 3 aromatic carbocycles. The number of carbonyl (C=O) groups is 1. The van der Waals surface area contributed by atoms with Crippen molar-refractivity contribution in [2.75, 3.05) is 5.32 Å². The van der Waals surface area contributed by atoms with E-state index < -0.39 is 0 Å². The molecule has 0 atom stereocenters. The van der Waals surface area contributed by atoms with E-state index in [1.807, 2.05) is 74.5 Å². The molecule has 4 nitrogen and oxygen atoms in total. The molecule has 4 aromatic rings. The molecule has 0 spiro atoms. The molecule has 1 amide bonds.